The van der Waals surface area contributed by atoms with Crippen LogP contribution in [-0.2, 0) is 14.3 Å². The second kappa shape index (κ2) is 14.1. The Morgan fingerprint density at radius 1 is 1.05 bits per heavy atom. The maximum atomic E-state index is 13.1. The van der Waals surface area contributed by atoms with Crippen LogP contribution in [0.5, 0.6) is 5.75 Å². The highest BCUT2D eigenvalue weighted by Gasteiger charge is 2.42. The number of carbonyl (C=O) groups excluding carboxylic acids is 2. The lowest BCUT2D eigenvalue weighted by Crippen LogP contribution is -2.35. The molecule has 210 valence electrons. The average molecular weight is 543 g/mol. The molecule has 1 aliphatic carbocycles. The van der Waals surface area contributed by atoms with Crippen molar-refractivity contribution in [2.45, 2.75) is 80.3 Å². The maximum Gasteiger partial charge on any atom is 0.339 e. The van der Waals surface area contributed by atoms with Crippen molar-refractivity contribution in [1.29, 1.82) is 0 Å². The molecule has 1 aliphatic rings. The topological polar surface area (TPSA) is 61.8 Å². The summed E-state index contributed by atoms with van der Waals surface area (Å²) in [5.41, 5.74) is 1.74. The molecule has 0 bridgehead atoms. The van der Waals surface area contributed by atoms with E-state index in [0.717, 1.165) is 22.6 Å². The molecule has 1 unspecified atom stereocenters. The normalized spacial score (nSPS) is 17.7. The number of rotatable bonds is 13. The molecule has 0 heterocycles. The second-order valence-electron chi connectivity index (χ2n) is 11.3. The highest BCUT2D eigenvalue weighted by Crippen LogP contribution is 2.48. The van der Waals surface area contributed by atoms with Gasteiger partial charge in [0.1, 0.15) is 17.1 Å². The molecule has 5 nitrogen and oxygen atoms in total. The minimum atomic E-state index is -0.598. The molecule has 38 heavy (non-hydrogen) atoms. The fourth-order valence-electron chi connectivity index (χ4n) is 4.53. The third-order valence-electron chi connectivity index (χ3n) is 6.94. The van der Waals surface area contributed by atoms with Gasteiger partial charge < -0.3 is 14.2 Å². The predicted octanol–water partition coefficient (Wildman–Crippen LogP) is 7.96. The summed E-state index contributed by atoms with van der Waals surface area (Å²) in [6.07, 6.45) is 7.27. The number of esters is 1. The average Bonchev–Trinajstić information content (AvgIpc) is 2.84. The molecule has 2 rings (SSSR count). The van der Waals surface area contributed by atoms with Crippen LogP contribution in [0.1, 0.15) is 85.0 Å². The smallest absolute Gasteiger partial charge is 0.339 e. The standard InChI is InChI=1S/C32H46O5S/c1-10-11-12-20-38-21-19-36-25-15-13-24(14-16-25)27(33)18-17-26-29(35-9)22(2)28(23(3)32(26,7)8)30(34)37-31(4,5)6/h13-18,26H,10-12,19-21H2,1-9H3. The fraction of sp³-hybridized carbons (Fsp3) is 0.562. The number of carbonyl (C=O) groups is 2. The minimum absolute atomic E-state index is 0.0912. The first-order chi connectivity index (χ1) is 17.8. The Morgan fingerprint density at radius 2 is 1.71 bits per heavy atom. The summed E-state index contributed by atoms with van der Waals surface area (Å²) in [7, 11) is 1.60. The van der Waals surface area contributed by atoms with Crippen molar-refractivity contribution >= 4 is 23.5 Å². The molecule has 1 aromatic carbocycles. The number of allylic oxidation sites excluding steroid dienone is 3. The molecule has 0 saturated heterocycles. The first kappa shape index (κ1) is 31.7. The summed E-state index contributed by atoms with van der Waals surface area (Å²) < 4.78 is 17.3. The molecule has 0 radical (unpaired) electrons. The van der Waals surface area contributed by atoms with Gasteiger partial charge in [0.2, 0.25) is 0 Å². The minimum Gasteiger partial charge on any atom is -0.500 e. The van der Waals surface area contributed by atoms with Crippen LogP contribution < -0.4 is 4.74 Å². The molecule has 6 heteroatoms. The van der Waals surface area contributed by atoms with Crippen molar-refractivity contribution in [2.24, 2.45) is 11.3 Å². The van der Waals surface area contributed by atoms with Gasteiger partial charge in [-0.1, -0.05) is 45.3 Å². The first-order valence-electron chi connectivity index (χ1n) is 13.6. The van der Waals surface area contributed by atoms with E-state index in [1.165, 1.54) is 25.0 Å². The molecule has 0 aromatic heterocycles. The summed E-state index contributed by atoms with van der Waals surface area (Å²) in [5, 5.41) is 0. The van der Waals surface area contributed by atoms with Crippen LogP contribution in [0.2, 0.25) is 0 Å². The molecular weight excluding hydrogens is 496 g/mol. The lowest BCUT2D eigenvalue weighted by Gasteiger charge is -2.40. The van der Waals surface area contributed by atoms with Crippen molar-refractivity contribution < 1.29 is 23.8 Å². The number of thioether (sulfide) groups is 1. The summed E-state index contributed by atoms with van der Waals surface area (Å²) in [4.78, 5) is 26.1. The molecule has 0 fully saturated rings. The van der Waals surface area contributed by atoms with Gasteiger partial charge in [0.15, 0.2) is 5.78 Å². The van der Waals surface area contributed by atoms with Crippen molar-refractivity contribution in [1.82, 2.24) is 0 Å². The first-order valence-corrected chi connectivity index (χ1v) is 14.7. The van der Waals surface area contributed by atoms with Gasteiger partial charge in [-0.25, -0.2) is 4.79 Å². The van der Waals surface area contributed by atoms with E-state index in [-0.39, 0.29) is 17.7 Å². The summed E-state index contributed by atoms with van der Waals surface area (Å²) in [5.74, 6) is 2.91. The molecule has 1 atom stereocenters. The Bertz CT molecular complexity index is 1050. The molecule has 0 amide bonds. The van der Waals surface area contributed by atoms with E-state index in [9.17, 15) is 9.59 Å². The zero-order valence-electron chi connectivity index (χ0n) is 24.7. The molecule has 1 aromatic rings. The Labute approximate surface area is 234 Å². The monoisotopic (exact) mass is 542 g/mol. The number of hydrogen-bond donors (Lipinski definition) is 0. The van der Waals surface area contributed by atoms with E-state index in [2.05, 4.69) is 20.8 Å². The number of ether oxygens (including phenoxy) is 3. The summed E-state index contributed by atoms with van der Waals surface area (Å²) in [6, 6.07) is 7.29. The Hall–Kier alpha value is -2.47. The Morgan fingerprint density at radius 3 is 2.29 bits per heavy atom. The van der Waals surface area contributed by atoms with Crippen molar-refractivity contribution in [3.63, 3.8) is 0 Å². The molecular formula is C32H46O5S. The third kappa shape index (κ3) is 8.52. The largest absolute Gasteiger partial charge is 0.500 e. The van der Waals surface area contributed by atoms with Crippen molar-refractivity contribution in [3.05, 3.63) is 64.5 Å². The molecule has 0 aliphatic heterocycles. The van der Waals surface area contributed by atoms with Crippen LogP contribution in [-0.4, -0.2) is 42.6 Å². The number of ketones is 1. The summed E-state index contributed by atoms with van der Waals surface area (Å²) in [6.45, 7) is 16.4. The van der Waals surface area contributed by atoms with E-state index in [4.69, 9.17) is 14.2 Å². The van der Waals surface area contributed by atoms with Gasteiger partial charge in [-0.2, -0.15) is 11.8 Å². The third-order valence-corrected chi connectivity index (χ3v) is 7.97. The van der Waals surface area contributed by atoms with Gasteiger partial charge in [0.05, 0.1) is 19.3 Å². The van der Waals surface area contributed by atoms with Gasteiger partial charge in [-0.3, -0.25) is 4.79 Å². The number of unbranched alkanes of at least 4 members (excludes halogenated alkanes) is 2. The van der Waals surface area contributed by atoms with Gasteiger partial charge in [0, 0.05) is 22.8 Å². The second-order valence-corrected chi connectivity index (χ2v) is 12.5. The van der Waals surface area contributed by atoms with Crippen LogP contribution in [0, 0.1) is 11.3 Å². The quantitative estimate of drug-likeness (QED) is 0.109. The molecule has 0 N–H and O–H groups in total. The lowest BCUT2D eigenvalue weighted by molar-refractivity contribution is -0.149. The van der Waals surface area contributed by atoms with E-state index in [1.807, 2.05) is 64.6 Å². The zero-order valence-corrected chi connectivity index (χ0v) is 25.6. The lowest BCUT2D eigenvalue weighted by atomic mass is 9.66. The van der Waals surface area contributed by atoms with Crippen LogP contribution in [0.3, 0.4) is 0 Å². The maximum absolute atomic E-state index is 13.1. The number of benzene rings is 1. The Kier molecular flexibility index (Phi) is 11.8. The fourth-order valence-corrected chi connectivity index (χ4v) is 5.35. The van der Waals surface area contributed by atoms with Crippen LogP contribution in [0.15, 0.2) is 58.9 Å². The number of methoxy groups -OCH3 is 1. The van der Waals surface area contributed by atoms with Crippen molar-refractivity contribution in [2.75, 3.05) is 25.2 Å². The van der Waals surface area contributed by atoms with E-state index in [1.54, 1.807) is 25.3 Å². The van der Waals surface area contributed by atoms with Crippen molar-refractivity contribution in [3.8, 4) is 5.75 Å². The highest BCUT2D eigenvalue weighted by molar-refractivity contribution is 7.99. The van der Waals surface area contributed by atoms with Gasteiger partial charge in [-0.15, -0.1) is 0 Å². The number of hydrogen-bond acceptors (Lipinski definition) is 6. The molecule has 0 saturated carbocycles. The van der Waals surface area contributed by atoms with E-state index in [0.29, 0.717) is 23.5 Å². The van der Waals surface area contributed by atoms with E-state index >= 15 is 0 Å². The summed E-state index contributed by atoms with van der Waals surface area (Å²) >= 11 is 1.92. The SMILES string of the molecule is CCCCCSCCOc1ccc(C(=O)C=CC2C(OC)=C(C)C(C(=O)OC(C)(C)C)=C(C)C2(C)C)cc1. The van der Waals surface area contributed by atoms with Crippen LogP contribution >= 0.6 is 11.8 Å². The predicted molar refractivity (Wildman–Crippen MR) is 158 cm³/mol. The van der Waals surface area contributed by atoms with Gasteiger partial charge >= 0.3 is 5.97 Å². The van der Waals surface area contributed by atoms with Gasteiger partial charge in [0.25, 0.3) is 0 Å². The Balaban J connectivity index is 2.11. The van der Waals surface area contributed by atoms with Crippen LogP contribution in [0.4, 0.5) is 0 Å². The van der Waals surface area contributed by atoms with E-state index < -0.39 is 11.0 Å². The highest BCUT2D eigenvalue weighted by atomic mass is 32.2. The van der Waals surface area contributed by atoms with Crippen LogP contribution in [0.25, 0.3) is 0 Å². The zero-order chi connectivity index (χ0) is 28.5. The molecule has 0 spiro atoms. The van der Waals surface area contributed by atoms with Gasteiger partial charge in [-0.05, 0) is 82.5 Å².